The zero-order valence-electron chi connectivity index (χ0n) is 15.0. The minimum atomic E-state index is -4.13. The summed E-state index contributed by atoms with van der Waals surface area (Å²) in [5, 5.41) is 3.11. The first-order valence-electron chi connectivity index (χ1n) is 9.27. The summed E-state index contributed by atoms with van der Waals surface area (Å²) >= 11 is 0. The van der Waals surface area contributed by atoms with E-state index in [4.69, 9.17) is 0 Å². The predicted octanol–water partition coefficient (Wildman–Crippen LogP) is 2.43. The summed E-state index contributed by atoms with van der Waals surface area (Å²) in [4.78, 5) is 12.4. The summed E-state index contributed by atoms with van der Waals surface area (Å²) in [6.45, 7) is 3.04. The van der Waals surface area contributed by atoms with Gasteiger partial charge in [0.1, 0.15) is 16.3 Å². The zero-order valence-corrected chi connectivity index (χ0v) is 15.9. The first-order valence-corrected chi connectivity index (χ1v) is 10.7. The number of nitrogens with one attached hydrogen (secondary N) is 2. The van der Waals surface area contributed by atoms with Crippen LogP contribution in [0.1, 0.15) is 39.5 Å². The normalized spacial score (nSPS) is 32.8. The summed E-state index contributed by atoms with van der Waals surface area (Å²) < 4.78 is 41.3. The van der Waals surface area contributed by atoms with Crippen LogP contribution < -0.4 is 10.0 Å². The van der Waals surface area contributed by atoms with E-state index in [9.17, 15) is 17.6 Å². The van der Waals surface area contributed by atoms with Gasteiger partial charge in [0.15, 0.2) is 0 Å². The van der Waals surface area contributed by atoms with Crippen LogP contribution in [-0.2, 0) is 14.8 Å². The van der Waals surface area contributed by atoms with Crippen LogP contribution in [0, 0.1) is 29.5 Å². The van der Waals surface area contributed by atoms with Crippen molar-refractivity contribution < 1.29 is 17.6 Å². The molecule has 0 aliphatic heterocycles. The summed E-state index contributed by atoms with van der Waals surface area (Å²) in [5.74, 6) is 1.38. The lowest BCUT2D eigenvalue weighted by atomic mass is 9.79. The number of halogens is 1. The standard InChI is InChI=1S/C19H25FN2O3S/c1-19(2,22-26(24,25)16-6-4-3-5-15(16)20)18(23)21-17-13-8-11-7-12(10-13)14(17)9-11/h3-6,11-14,17,22H,7-10H2,1-2H3,(H,21,23). The van der Waals surface area contributed by atoms with Gasteiger partial charge in [-0.05, 0) is 75.3 Å². The number of carbonyl (C=O) groups is 1. The van der Waals surface area contributed by atoms with Crippen LogP contribution in [0.25, 0.3) is 0 Å². The van der Waals surface area contributed by atoms with E-state index in [0.29, 0.717) is 17.8 Å². The largest absolute Gasteiger partial charge is 0.351 e. The van der Waals surface area contributed by atoms with Gasteiger partial charge < -0.3 is 5.32 Å². The lowest BCUT2D eigenvalue weighted by Crippen LogP contribution is -2.58. The molecular formula is C19H25FN2O3S. The third kappa shape index (κ3) is 2.95. The molecule has 0 heterocycles. The molecule has 0 spiro atoms. The molecule has 0 radical (unpaired) electrons. The highest BCUT2D eigenvalue weighted by molar-refractivity contribution is 7.89. The van der Waals surface area contributed by atoms with E-state index < -0.39 is 26.3 Å². The van der Waals surface area contributed by atoms with Gasteiger partial charge in [-0.15, -0.1) is 0 Å². The van der Waals surface area contributed by atoms with Crippen molar-refractivity contribution in [3.05, 3.63) is 30.1 Å². The molecule has 5 nitrogen and oxygen atoms in total. The van der Waals surface area contributed by atoms with Crippen LogP contribution in [0.15, 0.2) is 29.2 Å². The second-order valence-electron chi connectivity index (χ2n) is 8.65. The van der Waals surface area contributed by atoms with Crippen molar-refractivity contribution in [1.29, 1.82) is 0 Å². The summed E-state index contributed by atoms with van der Waals surface area (Å²) in [6, 6.07) is 5.31. The van der Waals surface area contributed by atoms with Crippen LogP contribution in [0.3, 0.4) is 0 Å². The molecule has 0 aromatic heterocycles. The van der Waals surface area contributed by atoms with Crippen LogP contribution in [0.2, 0.25) is 0 Å². The number of hydrogen-bond acceptors (Lipinski definition) is 3. The quantitative estimate of drug-likeness (QED) is 0.824. The van der Waals surface area contributed by atoms with Crippen LogP contribution in [0.4, 0.5) is 4.39 Å². The van der Waals surface area contributed by atoms with Gasteiger partial charge >= 0.3 is 0 Å². The first-order chi connectivity index (χ1) is 12.2. The molecule has 1 amide bonds. The smallest absolute Gasteiger partial charge is 0.244 e. The molecule has 4 fully saturated rings. The number of amides is 1. The molecule has 7 heteroatoms. The Morgan fingerprint density at radius 2 is 1.81 bits per heavy atom. The maximum absolute atomic E-state index is 13.9. The van der Waals surface area contributed by atoms with Crippen molar-refractivity contribution in [3.63, 3.8) is 0 Å². The lowest BCUT2D eigenvalue weighted by molar-refractivity contribution is -0.127. The molecule has 1 aromatic carbocycles. The third-order valence-electron chi connectivity index (χ3n) is 6.44. The highest BCUT2D eigenvalue weighted by Crippen LogP contribution is 2.58. The number of benzene rings is 1. The highest BCUT2D eigenvalue weighted by Gasteiger charge is 2.54. The molecule has 5 rings (SSSR count). The van der Waals surface area contributed by atoms with Gasteiger partial charge in [-0.1, -0.05) is 12.1 Å². The van der Waals surface area contributed by atoms with Crippen LogP contribution in [-0.4, -0.2) is 25.9 Å². The Bertz CT molecular complexity index is 835. The van der Waals surface area contributed by atoms with Gasteiger partial charge in [0.05, 0.1) is 0 Å². The predicted molar refractivity (Wildman–Crippen MR) is 95.2 cm³/mol. The molecule has 2 N–H and O–H groups in total. The Balaban J connectivity index is 1.48. The Morgan fingerprint density at radius 1 is 1.12 bits per heavy atom. The van der Waals surface area contributed by atoms with E-state index in [-0.39, 0.29) is 11.9 Å². The van der Waals surface area contributed by atoms with E-state index in [0.717, 1.165) is 12.0 Å². The Labute approximate surface area is 153 Å². The fraction of sp³-hybridized carbons (Fsp3) is 0.632. The minimum Gasteiger partial charge on any atom is -0.351 e. The van der Waals surface area contributed by atoms with E-state index in [1.165, 1.54) is 57.7 Å². The highest BCUT2D eigenvalue weighted by atomic mass is 32.2. The average Bonchev–Trinajstić information content (AvgIpc) is 2.96. The van der Waals surface area contributed by atoms with Crippen molar-refractivity contribution in [3.8, 4) is 0 Å². The fourth-order valence-electron chi connectivity index (χ4n) is 5.39. The van der Waals surface area contributed by atoms with Crippen molar-refractivity contribution >= 4 is 15.9 Å². The second kappa shape index (κ2) is 6.02. The average molecular weight is 380 g/mol. The molecule has 5 atom stereocenters. The van der Waals surface area contributed by atoms with E-state index in [2.05, 4.69) is 10.0 Å². The van der Waals surface area contributed by atoms with Crippen LogP contribution in [0.5, 0.6) is 0 Å². The molecule has 5 unspecified atom stereocenters. The molecule has 142 valence electrons. The van der Waals surface area contributed by atoms with Gasteiger partial charge in [0.25, 0.3) is 0 Å². The van der Waals surface area contributed by atoms with E-state index in [1.807, 2.05) is 0 Å². The monoisotopic (exact) mass is 380 g/mol. The van der Waals surface area contributed by atoms with Crippen molar-refractivity contribution in [2.75, 3.05) is 0 Å². The topological polar surface area (TPSA) is 75.3 Å². The number of hydrogen-bond donors (Lipinski definition) is 2. The van der Waals surface area contributed by atoms with Crippen molar-refractivity contribution in [2.45, 2.75) is 56.0 Å². The van der Waals surface area contributed by atoms with E-state index >= 15 is 0 Å². The Morgan fingerprint density at radius 3 is 2.50 bits per heavy atom. The zero-order chi connectivity index (χ0) is 18.7. The second-order valence-corrected chi connectivity index (χ2v) is 10.3. The van der Waals surface area contributed by atoms with Crippen molar-refractivity contribution in [1.82, 2.24) is 10.0 Å². The molecule has 4 aliphatic carbocycles. The number of sulfonamides is 1. The molecular weight excluding hydrogens is 355 g/mol. The molecule has 1 aromatic rings. The fourth-order valence-corrected chi connectivity index (χ4v) is 6.85. The van der Waals surface area contributed by atoms with Gasteiger partial charge in [-0.2, -0.15) is 4.72 Å². The minimum absolute atomic E-state index is 0.142. The maximum atomic E-state index is 13.9. The number of rotatable bonds is 5. The summed E-state index contributed by atoms with van der Waals surface area (Å²) in [7, 11) is -4.13. The number of carbonyl (C=O) groups excluding carboxylic acids is 1. The van der Waals surface area contributed by atoms with Gasteiger partial charge in [-0.3, -0.25) is 4.79 Å². The van der Waals surface area contributed by atoms with Crippen LogP contribution >= 0.6 is 0 Å². The summed E-state index contributed by atoms with van der Waals surface area (Å²) in [6.07, 6.45) is 4.79. The Hall–Kier alpha value is -1.47. The maximum Gasteiger partial charge on any atom is 0.244 e. The molecule has 4 aliphatic rings. The van der Waals surface area contributed by atoms with Gasteiger partial charge in [-0.25, -0.2) is 12.8 Å². The SMILES string of the molecule is CC(C)(NS(=O)(=O)c1ccccc1F)C(=O)NC1C2CC3CC(C2)C1C3. The first kappa shape index (κ1) is 17.9. The molecule has 26 heavy (non-hydrogen) atoms. The van der Waals surface area contributed by atoms with Gasteiger partial charge in [0.2, 0.25) is 15.9 Å². The summed E-state index contributed by atoms with van der Waals surface area (Å²) in [5.41, 5.74) is -1.36. The van der Waals surface area contributed by atoms with E-state index in [1.54, 1.807) is 0 Å². The van der Waals surface area contributed by atoms with Gasteiger partial charge in [0, 0.05) is 6.04 Å². The van der Waals surface area contributed by atoms with Crippen molar-refractivity contribution in [2.24, 2.45) is 23.7 Å². The molecule has 4 saturated carbocycles. The third-order valence-corrected chi connectivity index (χ3v) is 8.13. The Kier molecular flexibility index (Phi) is 4.15. The lowest BCUT2D eigenvalue weighted by Gasteiger charge is -2.35. The molecule has 0 saturated heterocycles. The molecule has 4 bridgehead atoms.